The van der Waals surface area contributed by atoms with E-state index in [2.05, 4.69) is 4.98 Å². The summed E-state index contributed by atoms with van der Waals surface area (Å²) in [5.74, 6) is 0.475. The summed E-state index contributed by atoms with van der Waals surface area (Å²) in [7, 11) is 0. The SMILES string of the molecule is Nc1ccc(-c2nccn2Cc2ccc(F)cc2Cl)cc1. The van der Waals surface area contributed by atoms with Gasteiger partial charge in [0.1, 0.15) is 11.6 Å². The van der Waals surface area contributed by atoms with Crippen molar-refractivity contribution in [2.75, 3.05) is 5.73 Å². The van der Waals surface area contributed by atoms with Crippen LogP contribution in [0.3, 0.4) is 0 Å². The van der Waals surface area contributed by atoms with E-state index in [0.717, 1.165) is 17.0 Å². The number of nitrogens with two attached hydrogens (primary N) is 1. The number of hydrogen-bond donors (Lipinski definition) is 1. The Labute approximate surface area is 126 Å². The highest BCUT2D eigenvalue weighted by Crippen LogP contribution is 2.23. The molecule has 0 radical (unpaired) electrons. The second-order valence-electron chi connectivity index (χ2n) is 4.74. The third-order valence-electron chi connectivity index (χ3n) is 3.24. The minimum absolute atomic E-state index is 0.340. The number of halogens is 2. The summed E-state index contributed by atoms with van der Waals surface area (Å²) in [4.78, 5) is 4.36. The summed E-state index contributed by atoms with van der Waals surface area (Å²) in [6, 6.07) is 11.9. The maximum atomic E-state index is 13.1. The Morgan fingerprint density at radius 3 is 2.62 bits per heavy atom. The first kappa shape index (κ1) is 13.6. The number of aromatic nitrogens is 2. The van der Waals surface area contributed by atoms with Gasteiger partial charge in [0.25, 0.3) is 0 Å². The Balaban J connectivity index is 1.94. The van der Waals surface area contributed by atoms with Crippen molar-refractivity contribution >= 4 is 17.3 Å². The topological polar surface area (TPSA) is 43.8 Å². The standard InChI is InChI=1S/C16H13ClFN3/c17-15-9-13(18)4-1-12(15)10-21-8-7-20-16(21)11-2-5-14(19)6-3-11/h1-9H,10,19H2. The summed E-state index contributed by atoms with van der Waals surface area (Å²) in [5, 5.41) is 0.409. The number of nitrogen functional groups attached to an aromatic ring is 1. The van der Waals surface area contributed by atoms with Gasteiger partial charge >= 0.3 is 0 Å². The predicted octanol–water partition coefficient (Wildman–Crippen LogP) is 3.97. The van der Waals surface area contributed by atoms with Crippen molar-refractivity contribution in [2.24, 2.45) is 0 Å². The molecule has 1 aromatic heterocycles. The molecule has 0 fully saturated rings. The van der Waals surface area contributed by atoms with E-state index in [1.807, 2.05) is 35.0 Å². The normalized spacial score (nSPS) is 10.8. The Bertz CT molecular complexity index is 765. The average molecular weight is 302 g/mol. The summed E-state index contributed by atoms with van der Waals surface area (Å²) < 4.78 is 15.1. The van der Waals surface area contributed by atoms with Gasteiger partial charge in [0.2, 0.25) is 0 Å². The lowest BCUT2D eigenvalue weighted by molar-refractivity contribution is 0.626. The molecule has 0 saturated carbocycles. The molecule has 1 heterocycles. The number of anilines is 1. The van der Waals surface area contributed by atoms with E-state index < -0.39 is 0 Å². The molecule has 0 atom stereocenters. The molecule has 0 amide bonds. The zero-order chi connectivity index (χ0) is 14.8. The monoisotopic (exact) mass is 301 g/mol. The first-order valence-electron chi connectivity index (χ1n) is 6.44. The lowest BCUT2D eigenvalue weighted by Crippen LogP contribution is -2.02. The molecule has 106 valence electrons. The van der Waals surface area contributed by atoms with E-state index in [-0.39, 0.29) is 5.82 Å². The van der Waals surface area contributed by atoms with Gasteiger partial charge in [-0.1, -0.05) is 17.7 Å². The Morgan fingerprint density at radius 1 is 1.14 bits per heavy atom. The minimum atomic E-state index is -0.340. The molecule has 0 bridgehead atoms. The molecule has 0 unspecified atom stereocenters. The van der Waals surface area contributed by atoms with Crippen molar-refractivity contribution in [2.45, 2.75) is 6.54 Å². The predicted molar refractivity (Wildman–Crippen MR) is 82.6 cm³/mol. The lowest BCUT2D eigenvalue weighted by atomic mass is 10.2. The van der Waals surface area contributed by atoms with Gasteiger partial charge in [0, 0.05) is 28.7 Å². The number of imidazole rings is 1. The zero-order valence-corrected chi connectivity index (χ0v) is 11.9. The number of hydrogen-bond acceptors (Lipinski definition) is 2. The first-order chi connectivity index (χ1) is 10.1. The van der Waals surface area contributed by atoms with Crippen LogP contribution in [0, 0.1) is 5.82 Å². The maximum Gasteiger partial charge on any atom is 0.140 e. The zero-order valence-electron chi connectivity index (χ0n) is 11.1. The molecule has 0 aliphatic rings. The van der Waals surface area contributed by atoms with Crippen LogP contribution >= 0.6 is 11.6 Å². The number of nitrogens with zero attached hydrogens (tertiary/aromatic N) is 2. The van der Waals surface area contributed by atoms with Gasteiger partial charge in [-0.15, -0.1) is 0 Å². The summed E-state index contributed by atoms with van der Waals surface area (Å²) in [6.45, 7) is 0.527. The van der Waals surface area contributed by atoms with Crippen molar-refractivity contribution in [1.29, 1.82) is 0 Å². The van der Waals surface area contributed by atoms with Crippen LogP contribution in [-0.4, -0.2) is 9.55 Å². The third-order valence-corrected chi connectivity index (χ3v) is 3.59. The smallest absolute Gasteiger partial charge is 0.140 e. The molecule has 0 aliphatic carbocycles. The minimum Gasteiger partial charge on any atom is -0.399 e. The van der Waals surface area contributed by atoms with Gasteiger partial charge in [-0.25, -0.2) is 9.37 Å². The number of benzene rings is 2. The van der Waals surface area contributed by atoms with Gasteiger partial charge in [0.05, 0.1) is 6.54 Å². The largest absolute Gasteiger partial charge is 0.399 e. The van der Waals surface area contributed by atoms with E-state index in [1.165, 1.54) is 12.1 Å². The molecule has 0 spiro atoms. The van der Waals surface area contributed by atoms with Crippen LogP contribution < -0.4 is 5.73 Å². The summed E-state index contributed by atoms with van der Waals surface area (Å²) >= 11 is 6.08. The fraction of sp³-hybridized carbons (Fsp3) is 0.0625. The second kappa shape index (κ2) is 5.58. The lowest BCUT2D eigenvalue weighted by Gasteiger charge is -2.10. The first-order valence-corrected chi connectivity index (χ1v) is 6.82. The van der Waals surface area contributed by atoms with Gasteiger partial charge < -0.3 is 10.3 Å². The highest BCUT2D eigenvalue weighted by Gasteiger charge is 2.08. The fourth-order valence-corrected chi connectivity index (χ4v) is 2.39. The third kappa shape index (κ3) is 2.90. The van der Waals surface area contributed by atoms with Crippen LogP contribution in [0.15, 0.2) is 54.9 Å². The van der Waals surface area contributed by atoms with Crippen LogP contribution in [0.4, 0.5) is 10.1 Å². The van der Waals surface area contributed by atoms with Crippen LogP contribution in [-0.2, 0) is 6.54 Å². The Morgan fingerprint density at radius 2 is 1.90 bits per heavy atom. The molecule has 2 aromatic carbocycles. The molecule has 3 aromatic rings. The number of rotatable bonds is 3. The van der Waals surface area contributed by atoms with E-state index in [9.17, 15) is 4.39 Å². The average Bonchev–Trinajstić information content (AvgIpc) is 2.91. The Kier molecular flexibility index (Phi) is 3.62. The highest BCUT2D eigenvalue weighted by atomic mass is 35.5. The van der Waals surface area contributed by atoms with Crippen molar-refractivity contribution in [3.63, 3.8) is 0 Å². The van der Waals surface area contributed by atoms with E-state index >= 15 is 0 Å². The Hall–Kier alpha value is -2.33. The van der Waals surface area contributed by atoms with Gasteiger partial charge in [-0.05, 0) is 42.0 Å². The van der Waals surface area contributed by atoms with E-state index in [1.54, 1.807) is 12.3 Å². The van der Waals surface area contributed by atoms with Crippen molar-refractivity contribution in [3.8, 4) is 11.4 Å². The molecular weight excluding hydrogens is 289 g/mol. The van der Waals surface area contributed by atoms with Crippen LogP contribution in [0.5, 0.6) is 0 Å². The van der Waals surface area contributed by atoms with E-state index in [4.69, 9.17) is 17.3 Å². The second-order valence-corrected chi connectivity index (χ2v) is 5.14. The molecule has 3 nitrogen and oxygen atoms in total. The quantitative estimate of drug-likeness (QED) is 0.744. The molecule has 0 aliphatic heterocycles. The van der Waals surface area contributed by atoms with Crippen molar-refractivity contribution in [3.05, 3.63) is 71.3 Å². The van der Waals surface area contributed by atoms with Crippen molar-refractivity contribution in [1.82, 2.24) is 9.55 Å². The van der Waals surface area contributed by atoms with Gasteiger partial charge in [-0.3, -0.25) is 0 Å². The fourth-order valence-electron chi connectivity index (χ4n) is 2.16. The van der Waals surface area contributed by atoms with Crippen LogP contribution in [0.2, 0.25) is 5.02 Å². The van der Waals surface area contributed by atoms with Gasteiger partial charge in [0.15, 0.2) is 0 Å². The molecule has 21 heavy (non-hydrogen) atoms. The maximum absolute atomic E-state index is 13.1. The molecule has 2 N–H and O–H groups in total. The van der Waals surface area contributed by atoms with Crippen molar-refractivity contribution < 1.29 is 4.39 Å². The van der Waals surface area contributed by atoms with E-state index in [0.29, 0.717) is 17.3 Å². The van der Waals surface area contributed by atoms with Crippen LogP contribution in [0.25, 0.3) is 11.4 Å². The summed E-state index contributed by atoms with van der Waals surface area (Å²) in [5.41, 5.74) is 8.21. The van der Waals surface area contributed by atoms with Gasteiger partial charge in [-0.2, -0.15) is 0 Å². The molecule has 5 heteroatoms. The summed E-state index contributed by atoms with van der Waals surface area (Å²) in [6.07, 6.45) is 3.59. The van der Waals surface area contributed by atoms with Crippen LogP contribution in [0.1, 0.15) is 5.56 Å². The molecule has 3 rings (SSSR count). The highest BCUT2D eigenvalue weighted by molar-refractivity contribution is 6.31. The molecule has 0 saturated heterocycles. The molecular formula is C16H13ClFN3.